The van der Waals surface area contributed by atoms with E-state index in [0.717, 1.165) is 30.0 Å². The third-order valence-corrected chi connectivity index (χ3v) is 22.6. The molecule has 0 amide bonds. The summed E-state index contributed by atoms with van der Waals surface area (Å²) in [4.78, 5) is 38.9. The third-order valence-electron chi connectivity index (χ3n) is 13.0. The van der Waals surface area contributed by atoms with E-state index in [1.807, 2.05) is 18.2 Å². The number of alkyl halides is 9. The van der Waals surface area contributed by atoms with Gasteiger partial charge in [-0.1, -0.05) is 101 Å². The van der Waals surface area contributed by atoms with Crippen molar-refractivity contribution in [3.8, 4) is 34.1 Å². The van der Waals surface area contributed by atoms with E-state index in [-0.39, 0.29) is 48.5 Å². The lowest BCUT2D eigenvalue weighted by molar-refractivity contribution is -0.396. The second-order valence-corrected chi connectivity index (χ2v) is 35.4. The first kappa shape index (κ1) is 67.0. The van der Waals surface area contributed by atoms with Crippen molar-refractivity contribution in [2.24, 2.45) is 0 Å². The molecule has 0 heterocycles. The second kappa shape index (κ2) is 29.7. The van der Waals surface area contributed by atoms with Crippen LogP contribution in [0.25, 0.3) is 11.1 Å². The molecule has 0 spiro atoms. The molecule has 0 aliphatic carbocycles. The molecule has 0 saturated carbocycles. The predicted molar refractivity (Wildman–Crippen MR) is 306 cm³/mol. The van der Waals surface area contributed by atoms with E-state index in [0.29, 0.717) is 17.1 Å². The molecule has 5 aromatic carbocycles. The maximum Gasteiger partial charge on any atom is 0.460 e. The highest BCUT2D eigenvalue weighted by atomic mass is 28.5. The van der Waals surface area contributed by atoms with Crippen molar-refractivity contribution < 1.29 is 81.1 Å². The Morgan fingerprint density at radius 3 is 1.32 bits per heavy atom. The quantitative estimate of drug-likeness (QED) is 0.0133. The maximum atomic E-state index is 13.7. The zero-order chi connectivity index (χ0) is 60.4. The standard InChI is InChI=1S/C61H75F9O9Si3/c1-80(2,3)78-82(7,79-81(4,5)6)43-20-16-12-10-8-9-11-13-17-22-45-25-27-47(28-26-45)55(71)75-52-37-29-46(30-38-52)50-23-21-24-54(44-50)77-57(73)49-33-39-53(40-34-49)76-56(72)48-31-35-51(36-32-48)74-42-19-15-14-18-41-58(62,63)59(64,65)60(66,67)61(68,69)70/h21,23-40,44H,8-20,22,41-43H2,1-7H3. The smallest absolute Gasteiger partial charge is 0.460 e. The average Bonchev–Trinajstić information content (AvgIpc) is 3.23. The van der Waals surface area contributed by atoms with E-state index in [1.165, 1.54) is 105 Å². The highest BCUT2D eigenvalue weighted by Gasteiger charge is 2.81. The lowest BCUT2D eigenvalue weighted by Crippen LogP contribution is -2.60. The second-order valence-electron chi connectivity index (χ2n) is 22.6. The number of carbonyl (C=O) groups is 3. The van der Waals surface area contributed by atoms with Crippen LogP contribution in [0.2, 0.25) is 51.9 Å². The molecule has 0 saturated heterocycles. The van der Waals surface area contributed by atoms with Crippen molar-refractivity contribution >= 4 is 43.1 Å². The third kappa shape index (κ3) is 21.1. The zero-order valence-corrected chi connectivity index (χ0v) is 50.6. The Labute approximate surface area is 478 Å². The predicted octanol–water partition coefficient (Wildman–Crippen LogP) is 18.6. The number of carbonyl (C=O) groups excluding carboxylic acids is 3. The fourth-order valence-electron chi connectivity index (χ4n) is 9.09. The highest BCUT2D eigenvalue weighted by Crippen LogP contribution is 2.54. The molecule has 0 fully saturated rings. The first-order valence-corrected chi connectivity index (χ1v) is 37.1. The van der Waals surface area contributed by atoms with Crippen LogP contribution in [0, 0.1) is 0 Å². The highest BCUT2D eigenvalue weighted by molar-refractivity contribution is 6.87. The molecule has 0 bridgehead atoms. The van der Waals surface area contributed by atoms with Gasteiger partial charge in [0.25, 0.3) is 0 Å². The van der Waals surface area contributed by atoms with Gasteiger partial charge in [0, 0.05) is 6.42 Å². The van der Waals surface area contributed by atoms with Crippen molar-refractivity contribution in [3.63, 3.8) is 0 Å². The molecule has 0 atom stereocenters. The molecule has 0 N–H and O–H groups in total. The van der Waals surface area contributed by atoms with Gasteiger partial charge in [0.15, 0.2) is 16.6 Å². The van der Waals surface area contributed by atoms with E-state index in [1.54, 1.807) is 54.6 Å². The Hall–Kier alpha value is -5.75. The maximum absolute atomic E-state index is 13.7. The van der Waals surface area contributed by atoms with Crippen LogP contribution >= 0.6 is 0 Å². The Balaban J connectivity index is 0.959. The van der Waals surface area contributed by atoms with Crippen molar-refractivity contribution in [3.05, 3.63) is 144 Å². The van der Waals surface area contributed by atoms with Crippen LogP contribution in [0.5, 0.6) is 23.0 Å². The molecule has 21 heteroatoms. The van der Waals surface area contributed by atoms with E-state index in [2.05, 4.69) is 45.8 Å². The van der Waals surface area contributed by atoms with Crippen molar-refractivity contribution in [2.45, 2.75) is 172 Å². The minimum atomic E-state index is -6.90. The number of benzene rings is 5. The SMILES string of the molecule is C[Si](C)(C)O[Si](C)(CCCCCCCCCCCc1ccc(C(=O)Oc2ccc(-c3cccc(OC(=O)c4ccc(OC(=O)c5ccc(OCCCCCCC(F)(F)C(F)(F)C(F)(F)C(F)(F)F)cc5)cc4)c3)cc2)cc1)O[Si](C)(C)C. The number of esters is 3. The first-order chi connectivity index (χ1) is 38.4. The van der Waals surface area contributed by atoms with Gasteiger partial charge in [-0.15, -0.1) is 0 Å². The normalized spacial score (nSPS) is 12.7. The molecule has 9 nitrogen and oxygen atoms in total. The summed E-state index contributed by atoms with van der Waals surface area (Å²) >= 11 is 0. The fraction of sp³-hybridized carbons (Fsp3) is 0.459. The summed E-state index contributed by atoms with van der Waals surface area (Å²) in [6, 6.07) is 33.9. The van der Waals surface area contributed by atoms with Gasteiger partial charge in [-0.3, -0.25) is 0 Å². The zero-order valence-electron chi connectivity index (χ0n) is 47.6. The van der Waals surface area contributed by atoms with Gasteiger partial charge in [-0.25, -0.2) is 14.4 Å². The lowest BCUT2D eigenvalue weighted by Gasteiger charge is -2.38. The van der Waals surface area contributed by atoms with Gasteiger partial charge in [0.05, 0.1) is 23.3 Å². The van der Waals surface area contributed by atoms with Crippen LogP contribution in [0.4, 0.5) is 39.5 Å². The van der Waals surface area contributed by atoms with Crippen LogP contribution < -0.4 is 18.9 Å². The van der Waals surface area contributed by atoms with Crippen LogP contribution in [0.1, 0.15) is 127 Å². The van der Waals surface area contributed by atoms with Crippen molar-refractivity contribution in [1.29, 1.82) is 0 Å². The Morgan fingerprint density at radius 1 is 0.415 bits per heavy atom. The van der Waals surface area contributed by atoms with Gasteiger partial charge in [-0.2, -0.15) is 39.5 Å². The Morgan fingerprint density at radius 2 is 0.829 bits per heavy atom. The summed E-state index contributed by atoms with van der Waals surface area (Å²) in [5.74, 6) is -19.9. The van der Waals surface area contributed by atoms with Crippen LogP contribution in [-0.2, 0) is 14.7 Å². The molecule has 0 aliphatic rings. The summed E-state index contributed by atoms with van der Waals surface area (Å²) in [6.45, 7) is 15.8. The summed E-state index contributed by atoms with van der Waals surface area (Å²) in [6.07, 6.45) is 2.61. The minimum absolute atomic E-state index is 0.0176. The number of halogens is 9. The molecule has 82 heavy (non-hydrogen) atoms. The molecule has 5 aromatic rings. The molecular formula is C61H75F9O9Si3. The van der Waals surface area contributed by atoms with Gasteiger partial charge < -0.3 is 27.2 Å². The fourth-order valence-corrected chi connectivity index (χ4v) is 21.7. The topological polar surface area (TPSA) is 107 Å². The molecule has 0 radical (unpaired) electrons. The van der Waals surface area contributed by atoms with E-state index >= 15 is 0 Å². The Kier molecular flexibility index (Phi) is 24.3. The lowest BCUT2D eigenvalue weighted by atomic mass is 9.98. The van der Waals surface area contributed by atoms with E-state index in [4.69, 9.17) is 27.2 Å². The molecule has 5 rings (SSSR count). The van der Waals surface area contributed by atoms with E-state index in [9.17, 15) is 53.9 Å². The number of hydrogen-bond donors (Lipinski definition) is 0. The van der Waals surface area contributed by atoms with Crippen molar-refractivity contribution in [2.75, 3.05) is 6.61 Å². The van der Waals surface area contributed by atoms with Crippen molar-refractivity contribution in [1.82, 2.24) is 0 Å². The number of ether oxygens (including phenoxy) is 4. The first-order valence-electron chi connectivity index (χ1n) is 27.8. The van der Waals surface area contributed by atoms with Gasteiger partial charge in [-0.05, 0) is 179 Å². The number of rotatable bonds is 33. The number of hydrogen-bond acceptors (Lipinski definition) is 9. The van der Waals surface area contributed by atoms with Crippen LogP contribution in [0.3, 0.4) is 0 Å². The molecule has 0 unspecified atom stereocenters. The van der Waals surface area contributed by atoms with E-state index < -0.39 is 79.9 Å². The summed E-state index contributed by atoms with van der Waals surface area (Å²) < 4.78 is 153. The number of aryl methyl sites for hydroxylation is 1. The minimum Gasteiger partial charge on any atom is -0.494 e. The molecule has 448 valence electrons. The van der Waals surface area contributed by atoms with Crippen LogP contribution in [-0.4, -0.2) is 73.7 Å². The molecule has 0 aliphatic heterocycles. The Bertz CT molecular complexity index is 2790. The molecule has 0 aromatic heterocycles. The largest absolute Gasteiger partial charge is 0.494 e. The summed E-state index contributed by atoms with van der Waals surface area (Å²) in [5, 5.41) is 0. The monoisotopic (exact) mass is 1210 g/mol. The van der Waals surface area contributed by atoms with Gasteiger partial charge in [0.1, 0.15) is 23.0 Å². The number of unbranched alkanes of at least 4 members (excludes halogenated alkanes) is 11. The summed E-state index contributed by atoms with van der Waals surface area (Å²) in [5.41, 5.74) is 3.47. The molecular weight excluding hydrogens is 1130 g/mol. The van der Waals surface area contributed by atoms with Gasteiger partial charge in [0.2, 0.25) is 0 Å². The van der Waals surface area contributed by atoms with Gasteiger partial charge >= 0.3 is 50.4 Å². The van der Waals surface area contributed by atoms with Crippen LogP contribution in [0.15, 0.2) is 121 Å². The summed E-state index contributed by atoms with van der Waals surface area (Å²) in [7, 11) is -5.48. The average molecular weight is 1210 g/mol.